The van der Waals surface area contributed by atoms with Gasteiger partial charge in [0.25, 0.3) is 5.91 Å². The maximum absolute atomic E-state index is 12.1. The molecule has 2 atom stereocenters. The fraction of sp³-hybridized carbons (Fsp3) is 0.500. The summed E-state index contributed by atoms with van der Waals surface area (Å²) in [6.45, 7) is 3.19. The molecule has 0 spiro atoms. The van der Waals surface area contributed by atoms with Gasteiger partial charge in [0.15, 0.2) is 18.1 Å². The Morgan fingerprint density at radius 3 is 2.27 bits per heavy atom. The highest BCUT2D eigenvalue weighted by Crippen LogP contribution is 2.27. The molecule has 0 saturated carbocycles. The normalized spacial score (nSPS) is 12.5. The van der Waals surface area contributed by atoms with Gasteiger partial charge in [-0.3, -0.25) is 4.79 Å². The van der Waals surface area contributed by atoms with Crippen LogP contribution in [0.4, 0.5) is 0 Å². The van der Waals surface area contributed by atoms with Gasteiger partial charge in [0.1, 0.15) is 6.04 Å². The van der Waals surface area contributed by atoms with Gasteiger partial charge in [-0.1, -0.05) is 20.3 Å². The van der Waals surface area contributed by atoms with Crippen molar-refractivity contribution in [3.63, 3.8) is 0 Å². The van der Waals surface area contributed by atoms with Crippen LogP contribution in [-0.4, -0.2) is 51.8 Å². The van der Waals surface area contributed by atoms with E-state index >= 15 is 0 Å². The highest BCUT2D eigenvalue weighted by Gasteiger charge is 2.27. The third kappa shape index (κ3) is 5.65. The zero-order valence-corrected chi connectivity index (χ0v) is 15.7. The molecule has 0 bridgehead atoms. The standard InChI is InChI=1S/C18H25NO7/c1-6-11(2)16(18(22)25-5)19-15(20)10-26-17(21)12-7-8-13(23-3)14(9-12)24-4/h7-9,11,16H,6,10H2,1-5H3,(H,19,20)/t11-,16-/m1/s1. The molecule has 1 rings (SSSR count). The van der Waals surface area contributed by atoms with Crippen molar-refractivity contribution in [2.45, 2.75) is 26.3 Å². The van der Waals surface area contributed by atoms with E-state index in [4.69, 9.17) is 18.9 Å². The molecule has 26 heavy (non-hydrogen) atoms. The Bertz CT molecular complexity index is 644. The van der Waals surface area contributed by atoms with Crippen molar-refractivity contribution in [1.29, 1.82) is 0 Å². The van der Waals surface area contributed by atoms with Crippen LogP contribution in [0.3, 0.4) is 0 Å². The Morgan fingerprint density at radius 1 is 1.08 bits per heavy atom. The summed E-state index contributed by atoms with van der Waals surface area (Å²) < 4.78 is 19.9. The predicted molar refractivity (Wildman–Crippen MR) is 93.2 cm³/mol. The molecule has 0 radical (unpaired) electrons. The van der Waals surface area contributed by atoms with Crippen LogP contribution in [0.2, 0.25) is 0 Å². The second-order valence-corrected chi connectivity index (χ2v) is 5.60. The summed E-state index contributed by atoms with van der Waals surface area (Å²) in [6, 6.07) is 3.72. The van der Waals surface area contributed by atoms with Crippen LogP contribution in [0.15, 0.2) is 18.2 Å². The van der Waals surface area contributed by atoms with E-state index in [-0.39, 0.29) is 11.5 Å². The Balaban J connectivity index is 2.68. The lowest BCUT2D eigenvalue weighted by molar-refractivity contribution is -0.147. The van der Waals surface area contributed by atoms with Crippen LogP contribution < -0.4 is 14.8 Å². The molecule has 0 aromatic heterocycles. The van der Waals surface area contributed by atoms with E-state index in [0.29, 0.717) is 17.9 Å². The quantitative estimate of drug-likeness (QED) is 0.661. The molecule has 0 heterocycles. The third-order valence-corrected chi connectivity index (χ3v) is 3.94. The van der Waals surface area contributed by atoms with Crippen molar-refractivity contribution in [2.24, 2.45) is 5.92 Å². The molecule has 0 aliphatic heterocycles. The van der Waals surface area contributed by atoms with Gasteiger partial charge in [0.05, 0.1) is 26.9 Å². The third-order valence-electron chi connectivity index (χ3n) is 3.94. The molecule has 144 valence electrons. The molecule has 1 aromatic carbocycles. The van der Waals surface area contributed by atoms with Gasteiger partial charge < -0.3 is 24.3 Å². The molecule has 1 aromatic rings. The molecule has 0 saturated heterocycles. The first-order valence-electron chi connectivity index (χ1n) is 8.14. The van der Waals surface area contributed by atoms with Crippen LogP contribution in [0.5, 0.6) is 11.5 Å². The van der Waals surface area contributed by atoms with Crippen molar-refractivity contribution in [3.05, 3.63) is 23.8 Å². The second kappa shape index (κ2) is 10.3. The molecular formula is C18H25NO7. The van der Waals surface area contributed by atoms with Crippen molar-refractivity contribution in [1.82, 2.24) is 5.32 Å². The first-order chi connectivity index (χ1) is 12.4. The maximum atomic E-state index is 12.1. The summed E-state index contributed by atoms with van der Waals surface area (Å²) in [6.07, 6.45) is 0.672. The van der Waals surface area contributed by atoms with E-state index in [2.05, 4.69) is 5.32 Å². The second-order valence-electron chi connectivity index (χ2n) is 5.60. The van der Waals surface area contributed by atoms with E-state index in [9.17, 15) is 14.4 Å². The fourth-order valence-electron chi connectivity index (χ4n) is 2.19. The Morgan fingerprint density at radius 2 is 1.73 bits per heavy atom. The number of hydrogen-bond donors (Lipinski definition) is 1. The lowest BCUT2D eigenvalue weighted by atomic mass is 9.99. The number of methoxy groups -OCH3 is 3. The van der Waals surface area contributed by atoms with Crippen LogP contribution in [0.25, 0.3) is 0 Å². The summed E-state index contributed by atoms with van der Waals surface area (Å²) in [5.41, 5.74) is 0.210. The monoisotopic (exact) mass is 367 g/mol. The van der Waals surface area contributed by atoms with Crippen LogP contribution in [0.1, 0.15) is 30.6 Å². The van der Waals surface area contributed by atoms with Gasteiger partial charge in [0.2, 0.25) is 0 Å². The van der Waals surface area contributed by atoms with Crippen LogP contribution >= 0.6 is 0 Å². The van der Waals surface area contributed by atoms with Crippen molar-refractivity contribution >= 4 is 17.8 Å². The van der Waals surface area contributed by atoms with Crippen molar-refractivity contribution in [2.75, 3.05) is 27.9 Å². The Labute approximate surface area is 152 Å². The number of nitrogens with one attached hydrogen (secondary N) is 1. The zero-order chi connectivity index (χ0) is 19.7. The number of ether oxygens (including phenoxy) is 4. The van der Waals surface area contributed by atoms with Gasteiger partial charge in [0, 0.05) is 0 Å². The van der Waals surface area contributed by atoms with Gasteiger partial charge >= 0.3 is 11.9 Å². The van der Waals surface area contributed by atoms with Crippen LogP contribution in [-0.2, 0) is 19.1 Å². The highest BCUT2D eigenvalue weighted by molar-refractivity contribution is 5.92. The number of carbonyl (C=O) groups is 3. The van der Waals surface area contributed by atoms with Gasteiger partial charge in [-0.25, -0.2) is 9.59 Å². The van der Waals surface area contributed by atoms with Crippen molar-refractivity contribution in [3.8, 4) is 11.5 Å². The number of carbonyl (C=O) groups excluding carboxylic acids is 3. The summed E-state index contributed by atoms with van der Waals surface area (Å²) in [4.78, 5) is 35.9. The van der Waals surface area contributed by atoms with Gasteiger partial charge in [-0.15, -0.1) is 0 Å². The molecule has 0 aliphatic rings. The topological polar surface area (TPSA) is 100 Å². The predicted octanol–water partition coefficient (Wildman–Crippen LogP) is 1.56. The van der Waals surface area contributed by atoms with E-state index in [1.807, 2.05) is 13.8 Å². The summed E-state index contributed by atoms with van der Waals surface area (Å²) >= 11 is 0. The minimum atomic E-state index is -0.794. The SMILES string of the molecule is CC[C@@H](C)[C@@H](NC(=O)COC(=O)c1ccc(OC)c(OC)c1)C(=O)OC. The minimum absolute atomic E-state index is 0.118. The van der Waals surface area contributed by atoms with Gasteiger partial charge in [-0.05, 0) is 24.1 Å². The average Bonchev–Trinajstić information content (AvgIpc) is 2.68. The fourth-order valence-corrected chi connectivity index (χ4v) is 2.19. The molecule has 0 unspecified atom stereocenters. The molecule has 8 heteroatoms. The van der Waals surface area contributed by atoms with Crippen LogP contribution in [0, 0.1) is 5.92 Å². The van der Waals surface area contributed by atoms with E-state index in [1.54, 1.807) is 6.07 Å². The Hall–Kier alpha value is -2.77. The lowest BCUT2D eigenvalue weighted by Gasteiger charge is -2.21. The van der Waals surface area contributed by atoms with E-state index < -0.39 is 30.5 Å². The number of amides is 1. The molecular weight excluding hydrogens is 342 g/mol. The molecule has 0 aliphatic carbocycles. The summed E-state index contributed by atoms with van der Waals surface area (Å²) in [5.74, 6) is -1.11. The summed E-state index contributed by atoms with van der Waals surface area (Å²) in [7, 11) is 4.18. The smallest absolute Gasteiger partial charge is 0.338 e. The number of benzene rings is 1. The number of rotatable bonds is 9. The largest absolute Gasteiger partial charge is 0.493 e. The highest BCUT2D eigenvalue weighted by atomic mass is 16.5. The maximum Gasteiger partial charge on any atom is 0.338 e. The number of esters is 2. The first kappa shape index (κ1) is 21.3. The van der Waals surface area contributed by atoms with Gasteiger partial charge in [-0.2, -0.15) is 0 Å². The first-order valence-corrected chi connectivity index (χ1v) is 8.14. The Kier molecular flexibility index (Phi) is 8.41. The number of hydrogen-bond acceptors (Lipinski definition) is 7. The zero-order valence-electron chi connectivity index (χ0n) is 15.7. The molecule has 8 nitrogen and oxygen atoms in total. The van der Waals surface area contributed by atoms with Crippen molar-refractivity contribution < 1.29 is 33.3 Å². The van der Waals surface area contributed by atoms with E-state index in [1.165, 1.54) is 33.5 Å². The molecule has 1 amide bonds. The minimum Gasteiger partial charge on any atom is -0.493 e. The van der Waals surface area contributed by atoms with E-state index in [0.717, 1.165) is 0 Å². The lowest BCUT2D eigenvalue weighted by Crippen LogP contribution is -2.47. The molecule has 1 N–H and O–H groups in total. The average molecular weight is 367 g/mol. The summed E-state index contributed by atoms with van der Waals surface area (Å²) in [5, 5.41) is 2.53. The molecule has 0 fully saturated rings.